The number of primary amides is 1. The average Bonchev–Trinajstić information content (AvgIpc) is 4.25. The van der Waals surface area contributed by atoms with Gasteiger partial charge in [0.1, 0.15) is 23.8 Å². The highest BCUT2D eigenvalue weighted by atomic mass is 19.3. The zero-order valence-corrected chi connectivity index (χ0v) is 44.8. The van der Waals surface area contributed by atoms with E-state index in [-0.39, 0.29) is 92.4 Å². The molecule has 5 heterocycles. The molecule has 0 radical (unpaired) electrons. The highest BCUT2D eigenvalue weighted by Crippen LogP contribution is 2.35. The van der Waals surface area contributed by atoms with Crippen LogP contribution in [0.25, 0.3) is 10.9 Å². The topological polar surface area (TPSA) is 230 Å². The van der Waals surface area contributed by atoms with Gasteiger partial charge in [-0.3, -0.25) is 43.7 Å². The molecule has 0 bridgehead atoms. The number of fused-ring (bicyclic) bond motifs is 3. The van der Waals surface area contributed by atoms with Gasteiger partial charge < -0.3 is 35.9 Å². The van der Waals surface area contributed by atoms with E-state index in [2.05, 4.69) is 32.8 Å². The number of carbonyl (C=O) groups is 8. The number of H-pyrrole nitrogens is 1. The van der Waals surface area contributed by atoms with Gasteiger partial charge in [0, 0.05) is 85.3 Å². The monoisotopic (exact) mass is 1090 g/mol. The molecule has 3 saturated heterocycles. The first-order chi connectivity index (χ1) is 38.5. The number of ether oxygens (including phenoxy) is 1. The van der Waals surface area contributed by atoms with E-state index < -0.39 is 65.7 Å². The van der Waals surface area contributed by atoms with E-state index in [1.807, 2.05) is 66.7 Å². The Morgan fingerprint density at radius 3 is 2.30 bits per heavy atom. The number of piperidine rings is 1. The van der Waals surface area contributed by atoms with Crippen LogP contribution in [0.2, 0.25) is 0 Å². The molecule has 1 aromatic heterocycles. The van der Waals surface area contributed by atoms with Crippen molar-refractivity contribution in [3.63, 3.8) is 0 Å². The molecule has 4 aromatic carbocycles. The number of halogens is 2. The van der Waals surface area contributed by atoms with Crippen LogP contribution in [0.15, 0.2) is 103 Å². The average molecular weight is 1090 g/mol. The van der Waals surface area contributed by atoms with Crippen molar-refractivity contribution in [2.45, 2.75) is 158 Å². The number of nitrogens with two attached hydrogens (primary N) is 1. The Balaban J connectivity index is 0.848. The second kappa shape index (κ2) is 25.4. The maximum Gasteiger partial charge on any atom is 0.270 e. The van der Waals surface area contributed by atoms with Gasteiger partial charge in [-0.25, -0.2) is 8.78 Å². The molecule has 418 valence electrons. The molecule has 6 atom stereocenters. The van der Waals surface area contributed by atoms with Gasteiger partial charge in [0.05, 0.1) is 12.1 Å². The Morgan fingerprint density at radius 2 is 1.59 bits per heavy atom. The van der Waals surface area contributed by atoms with Crippen LogP contribution in [0.3, 0.4) is 0 Å². The van der Waals surface area contributed by atoms with Crippen LogP contribution in [-0.4, -0.2) is 105 Å². The van der Waals surface area contributed by atoms with Crippen LogP contribution in [0.4, 0.5) is 8.78 Å². The number of nitrogens with zero attached hydrogens (tertiary/aromatic N) is 2. The van der Waals surface area contributed by atoms with E-state index in [0.717, 1.165) is 54.9 Å². The molecule has 9 rings (SSSR count). The molecule has 80 heavy (non-hydrogen) atoms. The van der Waals surface area contributed by atoms with Crippen LogP contribution in [0.5, 0.6) is 0 Å². The molecule has 5 aromatic rings. The molecule has 3 fully saturated rings. The molecule has 4 aliphatic rings. The number of Topliss-reactive ketones (excluding diaryl/α,β-unsaturated/α-hetero) is 1. The van der Waals surface area contributed by atoms with Crippen molar-refractivity contribution < 1.29 is 51.9 Å². The third-order valence-corrected chi connectivity index (χ3v) is 15.9. The standard InChI is InChI=1S/C62H67F2N7O9/c1-62(63,64)42-22-25-48-41(33-42)34-51(66-48)57(75)68-50-26-24-44(80-32-13-5-3-2-4-8-19-40-20-14-21-45-47(40)37-70(60(45)78)52-29-31-56(74)69-58(52)76)35-43-23-28-53(71(43)61(50)79)59(77)67-49(27-30-55(65)73)54(72)36-46(38-15-9-6-10-16-38)39-17-11-7-12-18-39/h6-7,9-12,14-18,20-22,25,33-34,43-44,46,49-50,52-53,66H,2-5,13,23-24,26-32,35-37H2,1H3,(H2,65,73)(H,67,77)(H,68,75)(H,69,74,76)/t43-,44-,49+,50+,52?,53+/m1/s1. The Labute approximate surface area is 463 Å². The van der Waals surface area contributed by atoms with Crippen LogP contribution in [0, 0.1) is 11.8 Å². The fraction of sp³-hybridized carbons (Fsp3) is 0.419. The third kappa shape index (κ3) is 13.5. The number of aromatic amines is 1. The number of rotatable bonds is 21. The molecule has 4 aliphatic heterocycles. The van der Waals surface area contributed by atoms with Crippen LogP contribution in [0.1, 0.15) is 158 Å². The minimum atomic E-state index is -3.10. The van der Waals surface area contributed by atoms with E-state index in [1.54, 1.807) is 12.1 Å². The van der Waals surface area contributed by atoms with Gasteiger partial charge in [-0.2, -0.15) is 0 Å². The lowest BCUT2D eigenvalue weighted by molar-refractivity contribution is -0.144. The molecule has 6 N–H and O–H groups in total. The van der Waals surface area contributed by atoms with Crippen molar-refractivity contribution in [2.24, 2.45) is 5.73 Å². The Morgan fingerprint density at radius 1 is 0.850 bits per heavy atom. The smallest absolute Gasteiger partial charge is 0.270 e. The van der Waals surface area contributed by atoms with Crippen molar-refractivity contribution in [1.29, 1.82) is 0 Å². The van der Waals surface area contributed by atoms with E-state index in [1.165, 1.54) is 34.1 Å². The van der Waals surface area contributed by atoms with Crippen LogP contribution in [-0.2, 0) is 46.0 Å². The van der Waals surface area contributed by atoms with E-state index in [4.69, 9.17) is 10.5 Å². The number of imide groups is 1. The maximum absolute atomic E-state index is 14.9. The minimum Gasteiger partial charge on any atom is -0.378 e. The second-order valence-corrected chi connectivity index (χ2v) is 21.5. The van der Waals surface area contributed by atoms with Gasteiger partial charge in [-0.05, 0) is 105 Å². The van der Waals surface area contributed by atoms with Gasteiger partial charge in [0.15, 0.2) is 5.78 Å². The zero-order valence-electron chi connectivity index (χ0n) is 44.8. The van der Waals surface area contributed by atoms with E-state index in [0.29, 0.717) is 48.8 Å². The molecule has 1 unspecified atom stereocenters. The summed E-state index contributed by atoms with van der Waals surface area (Å²) in [7, 11) is 0. The van der Waals surface area contributed by atoms with Gasteiger partial charge in [0.25, 0.3) is 17.7 Å². The summed E-state index contributed by atoms with van der Waals surface area (Å²) in [6, 6.07) is 25.7. The lowest BCUT2D eigenvalue weighted by atomic mass is 9.85. The highest BCUT2D eigenvalue weighted by molar-refractivity contribution is 6.06. The summed E-state index contributed by atoms with van der Waals surface area (Å²) in [6.07, 6.45) is 5.59. The number of ketones is 1. The first kappa shape index (κ1) is 56.7. The van der Waals surface area contributed by atoms with E-state index in [9.17, 15) is 47.1 Å². The number of hydrogen-bond donors (Lipinski definition) is 5. The fourth-order valence-corrected chi connectivity index (χ4v) is 11.6. The lowest BCUT2D eigenvalue weighted by Gasteiger charge is -2.37. The van der Waals surface area contributed by atoms with Crippen molar-refractivity contribution in [1.82, 2.24) is 30.7 Å². The van der Waals surface area contributed by atoms with E-state index >= 15 is 0 Å². The van der Waals surface area contributed by atoms with Crippen molar-refractivity contribution in [2.75, 3.05) is 6.61 Å². The maximum atomic E-state index is 14.9. The number of nitrogens with one attached hydrogen (secondary N) is 4. The highest BCUT2D eigenvalue weighted by Gasteiger charge is 2.47. The normalized spacial score (nSPS) is 20.5. The third-order valence-electron chi connectivity index (χ3n) is 15.9. The summed E-state index contributed by atoms with van der Waals surface area (Å²) in [5.74, 6) is -0.639. The number of alkyl halides is 2. The molecule has 18 heteroatoms. The van der Waals surface area contributed by atoms with Crippen molar-refractivity contribution in [3.8, 4) is 11.8 Å². The van der Waals surface area contributed by atoms with Gasteiger partial charge in [-0.15, -0.1) is 0 Å². The van der Waals surface area contributed by atoms with Crippen molar-refractivity contribution in [3.05, 3.63) is 142 Å². The fourth-order valence-electron chi connectivity index (χ4n) is 11.6. The van der Waals surface area contributed by atoms with Crippen molar-refractivity contribution >= 4 is 58.0 Å². The quantitative estimate of drug-likeness (QED) is 0.0276. The van der Waals surface area contributed by atoms with Crippen LogP contribution < -0.4 is 21.7 Å². The minimum absolute atomic E-state index is 0.0146. The zero-order chi connectivity index (χ0) is 56.5. The molecule has 0 aliphatic carbocycles. The first-order valence-electron chi connectivity index (χ1n) is 27.7. The Bertz CT molecular complexity index is 3160. The Hall–Kier alpha value is -8.04. The number of hydrogen-bond acceptors (Lipinski definition) is 9. The summed E-state index contributed by atoms with van der Waals surface area (Å²) >= 11 is 0. The number of amides is 7. The lowest BCUT2D eigenvalue weighted by Crippen LogP contribution is -2.58. The van der Waals surface area contributed by atoms with Gasteiger partial charge >= 0.3 is 0 Å². The number of carbonyl (C=O) groups excluding carboxylic acids is 8. The summed E-state index contributed by atoms with van der Waals surface area (Å²) in [5.41, 5.74) is 9.73. The summed E-state index contributed by atoms with van der Waals surface area (Å²) < 4.78 is 35.0. The first-order valence-corrected chi connectivity index (χ1v) is 27.7. The van der Waals surface area contributed by atoms with Crippen LogP contribution >= 0.6 is 0 Å². The summed E-state index contributed by atoms with van der Waals surface area (Å²) in [4.78, 5) is 114. The number of benzene rings is 4. The molecule has 16 nitrogen and oxygen atoms in total. The molecule has 0 saturated carbocycles. The predicted molar refractivity (Wildman–Crippen MR) is 294 cm³/mol. The number of unbranched alkanes of at least 4 members (excludes halogenated alkanes) is 4. The van der Waals surface area contributed by atoms with Gasteiger partial charge in [-0.1, -0.05) is 97.5 Å². The largest absolute Gasteiger partial charge is 0.378 e. The SMILES string of the molecule is CC(F)(F)c1ccc2[nH]c(C(=O)N[C@H]3CC[C@@H](OCCCCCCC#Cc4cccc5c4CN(C4CCC(=O)NC4=O)C5=O)C[C@H]4CC[C@@H](C(=O)N[C@@H](CCC(N)=O)C(=O)CC(c5ccccc5)c5ccccc5)N4C3=O)cc2c1. The predicted octanol–water partition coefficient (Wildman–Crippen LogP) is 7.61. The molecule has 7 amide bonds. The van der Waals surface area contributed by atoms with Gasteiger partial charge in [0.2, 0.25) is 29.5 Å². The molecular weight excluding hydrogens is 1020 g/mol. The summed E-state index contributed by atoms with van der Waals surface area (Å²) in [5, 5.41) is 8.54. The second-order valence-electron chi connectivity index (χ2n) is 21.5. The Kier molecular flexibility index (Phi) is 18.0. The summed E-state index contributed by atoms with van der Waals surface area (Å²) in [6.45, 7) is 1.47. The number of aromatic nitrogens is 1. The molecular formula is C62H67F2N7O9. The molecule has 0 spiro atoms.